The molecule has 15 heavy (non-hydrogen) atoms. The van der Waals surface area contributed by atoms with Gasteiger partial charge < -0.3 is 16.8 Å². The summed E-state index contributed by atoms with van der Waals surface area (Å²) in [4.78, 5) is 4.90. The number of nitrogens with two attached hydrogens (primary N) is 2. The number of piperazine rings is 1. The Morgan fingerprint density at radius 1 is 1.13 bits per heavy atom. The number of nitrogens with one attached hydrogen (secondary N) is 1. The van der Waals surface area contributed by atoms with Crippen molar-refractivity contribution in [3.8, 4) is 0 Å². The predicted molar refractivity (Wildman–Crippen MR) is 63.6 cm³/mol. The highest BCUT2D eigenvalue weighted by molar-refractivity contribution is 4.72. The van der Waals surface area contributed by atoms with Crippen LogP contribution in [0.1, 0.15) is 6.92 Å². The van der Waals surface area contributed by atoms with Crippen molar-refractivity contribution in [3.05, 3.63) is 0 Å². The van der Waals surface area contributed by atoms with Crippen molar-refractivity contribution < 1.29 is 0 Å². The van der Waals surface area contributed by atoms with E-state index in [1.165, 1.54) is 0 Å². The average Bonchev–Trinajstić information content (AvgIpc) is 2.20. The molecule has 0 bridgehead atoms. The van der Waals surface area contributed by atoms with Gasteiger partial charge in [0.05, 0.1) is 6.17 Å². The molecule has 1 heterocycles. The first kappa shape index (κ1) is 12.9. The maximum Gasteiger partial charge on any atom is 0.0517 e. The number of hydrogen-bond donors (Lipinski definition) is 3. The van der Waals surface area contributed by atoms with E-state index in [1.807, 2.05) is 6.92 Å². The molecule has 5 heteroatoms. The van der Waals surface area contributed by atoms with Crippen LogP contribution in [-0.2, 0) is 0 Å². The zero-order valence-corrected chi connectivity index (χ0v) is 9.78. The Morgan fingerprint density at radius 3 is 2.13 bits per heavy atom. The molecule has 1 atom stereocenters. The molecule has 90 valence electrons. The summed E-state index contributed by atoms with van der Waals surface area (Å²) in [5.74, 6) is 0. The Kier molecular flexibility index (Phi) is 6.12. The number of nitrogens with zero attached hydrogens (tertiary/aromatic N) is 2. The Bertz CT molecular complexity index is 154. The Balaban J connectivity index is 2.04. The van der Waals surface area contributed by atoms with E-state index in [-0.39, 0.29) is 6.17 Å². The van der Waals surface area contributed by atoms with Gasteiger partial charge in [0.1, 0.15) is 0 Å². The normalized spacial score (nSPS) is 21.8. The van der Waals surface area contributed by atoms with Gasteiger partial charge in [-0.3, -0.25) is 9.80 Å². The first-order valence-corrected chi connectivity index (χ1v) is 5.86. The van der Waals surface area contributed by atoms with E-state index >= 15 is 0 Å². The monoisotopic (exact) mass is 215 g/mol. The molecule has 0 aromatic carbocycles. The minimum absolute atomic E-state index is 0.100. The average molecular weight is 215 g/mol. The second kappa shape index (κ2) is 7.14. The zero-order valence-electron chi connectivity index (χ0n) is 9.78. The topological polar surface area (TPSA) is 70.5 Å². The van der Waals surface area contributed by atoms with Crippen LogP contribution >= 0.6 is 0 Å². The van der Waals surface area contributed by atoms with Crippen LogP contribution in [0.2, 0.25) is 0 Å². The van der Waals surface area contributed by atoms with Crippen LogP contribution < -0.4 is 16.8 Å². The van der Waals surface area contributed by atoms with E-state index in [0.29, 0.717) is 0 Å². The summed E-state index contributed by atoms with van der Waals surface area (Å²) in [6.07, 6.45) is 0.100. The fraction of sp³-hybridized carbons (Fsp3) is 1.00. The lowest BCUT2D eigenvalue weighted by molar-refractivity contribution is 0.135. The third kappa shape index (κ3) is 5.44. The SMILES string of the molecule is CC(N)NCCN1CCN(CCN)CC1. The summed E-state index contributed by atoms with van der Waals surface area (Å²) in [5.41, 5.74) is 11.1. The lowest BCUT2D eigenvalue weighted by Gasteiger charge is -2.34. The molecule has 1 unspecified atom stereocenters. The van der Waals surface area contributed by atoms with Crippen molar-refractivity contribution in [1.29, 1.82) is 0 Å². The first-order chi connectivity index (χ1) is 7.22. The van der Waals surface area contributed by atoms with Crippen LogP contribution in [0.3, 0.4) is 0 Å². The molecule has 5 nitrogen and oxygen atoms in total. The molecule has 1 fully saturated rings. The highest BCUT2D eigenvalue weighted by Gasteiger charge is 2.15. The maximum absolute atomic E-state index is 5.62. The number of hydrogen-bond acceptors (Lipinski definition) is 5. The molecule has 0 saturated carbocycles. The van der Waals surface area contributed by atoms with E-state index in [2.05, 4.69) is 15.1 Å². The zero-order chi connectivity index (χ0) is 11.1. The molecule has 1 aliphatic rings. The van der Waals surface area contributed by atoms with Gasteiger partial charge in [-0.1, -0.05) is 0 Å². The van der Waals surface area contributed by atoms with Gasteiger partial charge in [-0.25, -0.2) is 0 Å². The molecule has 1 rings (SSSR count). The van der Waals surface area contributed by atoms with Crippen LogP contribution in [0, 0.1) is 0 Å². The van der Waals surface area contributed by atoms with E-state index in [4.69, 9.17) is 11.5 Å². The molecular formula is C10H25N5. The summed E-state index contributed by atoms with van der Waals surface area (Å²) in [6, 6.07) is 0. The third-order valence-corrected chi connectivity index (χ3v) is 2.80. The molecule has 0 aliphatic carbocycles. The molecule has 1 aliphatic heterocycles. The second-order valence-corrected chi connectivity index (χ2v) is 4.21. The van der Waals surface area contributed by atoms with Gasteiger partial charge in [0.2, 0.25) is 0 Å². The summed E-state index contributed by atoms with van der Waals surface area (Å²) in [6.45, 7) is 10.5. The van der Waals surface area contributed by atoms with Gasteiger partial charge in [0.25, 0.3) is 0 Å². The van der Waals surface area contributed by atoms with Gasteiger partial charge in [-0.2, -0.15) is 0 Å². The summed E-state index contributed by atoms with van der Waals surface area (Å²) >= 11 is 0. The molecule has 0 radical (unpaired) electrons. The molecule has 5 N–H and O–H groups in total. The van der Waals surface area contributed by atoms with Crippen molar-refractivity contribution >= 4 is 0 Å². The van der Waals surface area contributed by atoms with Gasteiger partial charge in [0.15, 0.2) is 0 Å². The first-order valence-electron chi connectivity index (χ1n) is 5.86. The molecule has 0 spiro atoms. The minimum atomic E-state index is 0.100. The Labute approximate surface area is 92.8 Å². The van der Waals surface area contributed by atoms with Gasteiger partial charge in [-0.05, 0) is 6.92 Å². The molecule has 0 aromatic rings. The van der Waals surface area contributed by atoms with Crippen molar-refractivity contribution in [1.82, 2.24) is 15.1 Å². The van der Waals surface area contributed by atoms with Gasteiger partial charge in [-0.15, -0.1) is 0 Å². The standard InChI is InChI=1S/C10H25N5/c1-10(12)13-3-5-15-8-6-14(4-2-11)7-9-15/h10,13H,2-9,11-12H2,1H3. The van der Waals surface area contributed by atoms with Crippen LogP contribution in [0.5, 0.6) is 0 Å². The lowest BCUT2D eigenvalue weighted by Crippen LogP contribution is -2.50. The van der Waals surface area contributed by atoms with E-state index < -0.39 is 0 Å². The molecular weight excluding hydrogens is 190 g/mol. The van der Waals surface area contributed by atoms with Crippen LogP contribution in [-0.4, -0.2) is 68.3 Å². The molecule has 0 aromatic heterocycles. The fourth-order valence-corrected chi connectivity index (χ4v) is 1.87. The van der Waals surface area contributed by atoms with E-state index in [9.17, 15) is 0 Å². The Hall–Kier alpha value is -0.200. The predicted octanol–water partition coefficient (Wildman–Crippen LogP) is -1.54. The Morgan fingerprint density at radius 2 is 1.67 bits per heavy atom. The molecule has 0 amide bonds. The fourth-order valence-electron chi connectivity index (χ4n) is 1.87. The van der Waals surface area contributed by atoms with Crippen molar-refractivity contribution in [2.45, 2.75) is 13.1 Å². The largest absolute Gasteiger partial charge is 0.329 e. The van der Waals surface area contributed by atoms with E-state index in [0.717, 1.165) is 52.4 Å². The second-order valence-electron chi connectivity index (χ2n) is 4.21. The van der Waals surface area contributed by atoms with Crippen molar-refractivity contribution in [3.63, 3.8) is 0 Å². The smallest absolute Gasteiger partial charge is 0.0517 e. The van der Waals surface area contributed by atoms with Crippen LogP contribution in [0.25, 0.3) is 0 Å². The minimum Gasteiger partial charge on any atom is -0.329 e. The van der Waals surface area contributed by atoms with Crippen molar-refractivity contribution in [2.75, 3.05) is 52.4 Å². The van der Waals surface area contributed by atoms with Gasteiger partial charge in [0, 0.05) is 52.4 Å². The lowest BCUT2D eigenvalue weighted by atomic mass is 10.3. The third-order valence-electron chi connectivity index (χ3n) is 2.80. The summed E-state index contributed by atoms with van der Waals surface area (Å²) in [7, 11) is 0. The highest BCUT2D eigenvalue weighted by atomic mass is 15.3. The van der Waals surface area contributed by atoms with Crippen molar-refractivity contribution in [2.24, 2.45) is 11.5 Å². The van der Waals surface area contributed by atoms with Crippen LogP contribution in [0.4, 0.5) is 0 Å². The number of rotatable bonds is 6. The molecule has 1 saturated heterocycles. The van der Waals surface area contributed by atoms with Gasteiger partial charge >= 0.3 is 0 Å². The summed E-state index contributed by atoms with van der Waals surface area (Å²) in [5, 5.41) is 3.23. The quantitative estimate of drug-likeness (QED) is 0.468. The summed E-state index contributed by atoms with van der Waals surface area (Å²) < 4.78 is 0. The van der Waals surface area contributed by atoms with E-state index in [1.54, 1.807) is 0 Å². The van der Waals surface area contributed by atoms with Crippen LogP contribution in [0.15, 0.2) is 0 Å². The highest BCUT2D eigenvalue weighted by Crippen LogP contribution is 1.99. The maximum atomic E-state index is 5.62.